The number of aromatic nitrogens is 2. The summed E-state index contributed by atoms with van der Waals surface area (Å²) in [5.41, 5.74) is 0.379. The van der Waals surface area contributed by atoms with Crippen LogP contribution < -0.4 is 5.56 Å². The van der Waals surface area contributed by atoms with Gasteiger partial charge in [-0.05, 0) is 5.41 Å². The monoisotopic (exact) mass is 252 g/mol. The number of hydrogen-bond acceptors (Lipinski definition) is 3. The van der Waals surface area contributed by atoms with Gasteiger partial charge in [-0.15, -0.1) is 0 Å². The molecule has 1 atom stereocenters. The summed E-state index contributed by atoms with van der Waals surface area (Å²) >= 11 is 0. The van der Waals surface area contributed by atoms with Gasteiger partial charge < -0.3 is 9.72 Å². The number of aromatic amines is 1. The number of H-pyrrole nitrogens is 1. The van der Waals surface area contributed by atoms with E-state index in [1.807, 2.05) is 20.8 Å². The summed E-state index contributed by atoms with van der Waals surface area (Å²) in [4.78, 5) is 19.1. The number of hydrogen-bond donors (Lipinski definition) is 1. The molecule has 0 aliphatic carbocycles. The van der Waals surface area contributed by atoms with Crippen molar-refractivity contribution < 1.29 is 4.74 Å². The van der Waals surface area contributed by atoms with Crippen molar-refractivity contribution in [2.75, 3.05) is 7.11 Å². The second-order valence-electron chi connectivity index (χ2n) is 6.75. The van der Waals surface area contributed by atoms with Crippen molar-refractivity contribution >= 4 is 0 Å². The van der Waals surface area contributed by atoms with E-state index in [0.29, 0.717) is 5.82 Å². The van der Waals surface area contributed by atoms with Crippen molar-refractivity contribution in [2.24, 2.45) is 5.41 Å². The molecule has 0 saturated carbocycles. The lowest BCUT2D eigenvalue weighted by atomic mass is 9.87. The summed E-state index contributed by atoms with van der Waals surface area (Å²) in [6.45, 7) is 12.3. The fraction of sp³-hybridized carbons (Fsp3) is 0.714. The van der Waals surface area contributed by atoms with Crippen LogP contribution in [0, 0.1) is 5.41 Å². The van der Waals surface area contributed by atoms with E-state index in [1.54, 1.807) is 13.2 Å². The molecule has 0 saturated heterocycles. The molecule has 1 aromatic heterocycles. The predicted molar refractivity (Wildman–Crippen MR) is 72.8 cm³/mol. The highest BCUT2D eigenvalue weighted by atomic mass is 16.5. The zero-order valence-corrected chi connectivity index (χ0v) is 12.4. The average molecular weight is 252 g/mol. The van der Waals surface area contributed by atoms with Crippen LogP contribution in [0.1, 0.15) is 59.2 Å². The van der Waals surface area contributed by atoms with Gasteiger partial charge in [-0.2, -0.15) is 0 Å². The van der Waals surface area contributed by atoms with Gasteiger partial charge in [-0.1, -0.05) is 41.5 Å². The van der Waals surface area contributed by atoms with Crippen LogP contribution in [0.15, 0.2) is 10.9 Å². The Bertz CT molecular complexity index is 464. The maximum Gasteiger partial charge on any atom is 0.251 e. The molecule has 0 aromatic carbocycles. The molecule has 0 aliphatic rings. The summed E-state index contributed by atoms with van der Waals surface area (Å²) in [5, 5.41) is 0. The molecule has 4 nitrogen and oxygen atoms in total. The summed E-state index contributed by atoms with van der Waals surface area (Å²) < 4.78 is 5.49. The van der Waals surface area contributed by atoms with E-state index in [2.05, 4.69) is 30.7 Å². The first kappa shape index (κ1) is 14.9. The van der Waals surface area contributed by atoms with E-state index in [4.69, 9.17) is 4.74 Å². The van der Waals surface area contributed by atoms with Crippen LogP contribution in [0.2, 0.25) is 0 Å². The third kappa shape index (κ3) is 3.42. The number of rotatable bonds is 2. The second-order valence-corrected chi connectivity index (χ2v) is 6.75. The molecule has 1 aromatic rings. The van der Waals surface area contributed by atoms with Crippen LogP contribution in [0.3, 0.4) is 0 Å². The highest BCUT2D eigenvalue weighted by Gasteiger charge is 2.29. The normalized spacial score (nSPS) is 14.6. The largest absolute Gasteiger partial charge is 0.373 e. The van der Waals surface area contributed by atoms with Crippen molar-refractivity contribution in [3.05, 3.63) is 27.9 Å². The minimum atomic E-state index is -0.229. The highest BCUT2D eigenvalue weighted by Crippen LogP contribution is 2.33. The van der Waals surface area contributed by atoms with Gasteiger partial charge in [0.05, 0.1) is 5.69 Å². The maximum absolute atomic E-state index is 11.8. The molecule has 0 radical (unpaired) electrons. The number of nitrogens with zero attached hydrogens (tertiary/aromatic N) is 1. The topological polar surface area (TPSA) is 55.0 Å². The molecule has 0 spiro atoms. The third-order valence-corrected chi connectivity index (χ3v) is 2.80. The molecule has 1 rings (SSSR count). The fourth-order valence-electron chi connectivity index (χ4n) is 1.86. The van der Waals surface area contributed by atoms with Gasteiger partial charge in [0, 0.05) is 18.6 Å². The van der Waals surface area contributed by atoms with E-state index in [9.17, 15) is 4.79 Å². The van der Waals surface area contributed by atoms with Gasteiger partial charge in [-0.25, -0.2) is 4.98 Å². The van der Waals surface area contributed by atoms with E-state index >= 15 is 0 Å². The van der Waals surface area contributed by atoms with Gasteiger partial charge in [-0.3, -0.25) is 4.79 Å². The first-order valence-electron chi connectivity index (χ1n) is 6.20. The molecule has 1 N–H and O–H groups in total. The Morgan fingerprint density at radius 3 is 2.17 bits per heavy atom. The molecule has 0 aliphatic heterocycles. The fourth-order valence-corrected chi connectivity index (χ4v) is 1.86. The molecular formula is C14H24N2O2. The van der Waals surface area contributed by atoms with Crippen molar-refractivity contribution in [3.63, 3.8) is 0 Å². The van der Waals surface area contributed by atoms with E-state index in [1.165, 1.54) is 0 Å². The quantitative estimate of drug-likeness (QED) is 0.880. The van der Waals surface area contributed by atoms with Gasteiger partial charge in [0.25, 0.3) is 5.56 Å². The Labute approximate surface area is 109 Å². The summed E-state index contributed by atoms with van der Waals surface area (Å²) in [7, 11) is 1.64. The van der Waals surface area contributed by atoms with Crippen LogP contribution >= 0.6 is 0 Å². The standard InChI is InChI=1S/C14H24N2O2/c1-13(2,3)9-8-10(17)16-12(15-9)11(18-7)14(4,5)6/h8,11H,1-7H3,(H,15,16,17). The molecule has 102 valence electrons. The van der Waals surface area contributed by atoms with Gasteiger partial charge >= 0.3 is 0 Å². The molecular weight excluding hydrogens is 228 g/mol. The first-order chi connectivity index (χ1) is 8.05. The average Bonchev–Trinajstić information content (AvgIpc) is 2.13. The lowest BCUT2D eigenvalue weighted by Gasteiger charge is -2.29. The van der Waals surface area contributed by atoms with Crippen molar-refractivity contribution in [1.29, 1.82) is 0 Å². The van der Waals surface area contributed by atoms with Crippen LogP contribution in [0.25, 0.3) is 0 Å². The predicted octanol–water partition coefficient (Wildman–Crippen LogP) is 2.80. The Balaban J connectivity index is 3.34. The second kappa shape index (κ2) is 4.84. The van der Waals surface area contributed by atoms with Gasteiger partial charge in [0.2, 0.25) is 0 Å². The Morgan fingerprint density at radius 2 is 1.78 bits per heavy atom. The summed E-state index contributed by atoms with van der Waals surface area (Å²) in [6.07, 6.45) is -0.229. The van der Waals surface area contributed by atoms with E-state index < -0.39 is 0 Å². The smallest absolute Gasteiger partial charge is 0.251 e. The third-order valence-electron chi connectivity index (χ3n) is 2.80. The molecule has 1 heterocycles. The molecule has 0 fully saturated rings. The SMILES string of the molecule is COC(c1nc(C(C)(C)C)cc(=O)[nH]1)C(C)(C)C. The van der Waals surface area contributed by atoms with Crippen LogP contribution in [0.4, 0.5) is 0 Å². The van der Waals surface area contributed by atoms with E-state index in [0.717, 1.165) is 5.69 Å². The molecule has 0 amide bonds. The van der Waals surface area contributed by atoms with Crippen molar-refractivity contribution in [2.45, 2.75) is 53.1 Å². The van der Waals surface area contributed by atoms with Crippen molar-refractivity contribution in [3.8, 4) is 0 Å². The number of ether oxygens (including phenoxy) is 1. The zero-order valence-electron chi connectivity index (χ0n) is 12.4. The molecule has 0 bridgehead atoms. The van der Waals surface area contributed by atoms with Crippen molar-refractivity contribution in [1.82, 2.24) is 9.97 Å². The lowest BCUT2D eigenvalue weighted by Crippen LogP contribution is -2.28. The zero-order chi connectivity index (χ0) is 14.1. The van der Waals surface area contributed by atoms with E-state index in [-0.39, 0.29) is 22.5 Å². The van der Waals surface area contributed by atoms with Gasteiger partial charge in [0.15, 0.2) is 0 Å². The highest BCUT2D eigenvalue weighted by molar-refractivity contribution is 5.14. The molecule has 4 heteroatoms. The van der Waals surface area contributed by atoms with Gasteiger partial charge in [0.1, 0.15) is 11.9 Å². The Kier molecular flexibility index (Phi) is 4.01. The molecule has 1 unspecified atom stereocenters. The summed E-state index contributed by atoms with van der Waals surface area (Å²) in [5.74, 6) is 0.599. The number of nitrogens with one attached hydrogen (secondary N) is 1. The first-order valence-corrected chi connectivity index (χ1v) is 6.20. The molecule has 18 heavy (non-hydrogen) atoms. The summed E-state index contributed by atoms with van der Waals surface area (Å²) in [6, 6.07) is 1.55. The van der Waals surface area contributed by atoms with Crippen LogP contribution in [-0.2, 0) is 10.2 Å². The van der Waals surface area contributed by atoms with Crippen LogP contribution in [-0.4, -0.2) is 17.1 Å². The number of methoxy groups -OCH3 is 1. The maximum atomic E-state index is 11.8. The van der Waals surface area contributed by atoms with Crippen LogP contribution in [0.5, 0.6) is 0 Å². The lowest BCUT2D eigenvalue weighted by molar-refractivity contribution is 0.00820. The Morgan fingerprint density at radius 1 is 1.22 bits per heavy atom. The Hall–Kier alpha value is -1.16. The minimum absolute atomic E-state index is 0.124. The minimum Gasteiger partial charge on any atom is -0.373 e.